The average molecular weight is 443 g/mol. The van der Waals surface area contributed by atoms with Gasteiger partial charge in [0.25, 0.3) is 5.91 Å². The second-order valence-corrected chi connectivity index (χ2v) is 11.2. The van der Waals surface area contributed by atoms with Crippen molar-refractivity contribution >= 4 is 61.1 Å². The van der Waals surface area contributed by atoms with Crippen molar-refractivity contribution in [1.82, 2.24) is 4.98 Å². The van der Waals surface area contributed by atoms with Gasteiger partial charge in [-0.3, -0.25) is 10.1 Å². The number of benzene rings is 1. The van der Waals surface area contributed by atoms with Crippen LogP contribution in [0.2, 0.25) is 4.34 Å². The lowest BCUT2D eigenvalue weighted by Crippen LogP contribution is -2.16. The topological polar surface area (TPSA) is 76.1 Å². The van der Waals surface area contributed by atoms with Crippen molar-refractivity contribution in [2.45, 2.75) is 17.7 Å². The summed E-state index contributed by atoms with van der Waals surface area (Å²) in [6.07, 6.45) is 6.69. The van der Waals surface area contributed by atoms with E-state index in [4.69, 9.17) is 11.6 Å². The fourth-order valence-corrected chi connectivity index (χ4v) is 5.36. The van der Waals surface area contributed by atoms with Crippen molar-refractivity contribution in [1.29, 1.82) is 0 Å². The van der Waals surface area contributed by atoms with Crippen molar-refractivity contribution in [3.05, 3.63) is 46.4 Å². The number of halogens is 1. The van der Waals surface area contributed by atoms with Crippen LogP contribution in [0.3, 0.4) is 0 Å². The summed E-state index contributed by atoms with van der Waals surface area (Å²) in [5, 5.41) is 3.22. The highest BCUT2D eigenvalue weighted by Gasteiger charge is 2.19. The van der Waals surface area contributed by atoms with Gasteiger partial charge in [0.2, 0.25) is 0 Å². The maximum Gasteiger partial charge on any atom is 0.257 e. The van der Waals surface area contributed by atoms with Crippen molar-refractivity contribution in [2.75, 3.05) is 23.1 Å². The van der Waals surface area contributed by atoms with Crippen molar-refractivity contribution in [2.24, 2.45) is 5.92 Å². The van der Waals surface area contributed by atoms with E-state index in [1.807, 2.05) is 17.8 Å². The summed E-state index contributed by atoms with van der Waals surface area (Å²) in [6.45, 7) is 0. The third kappa shape index (κ3) is 5.57. The minimum Gasteiger partial charge on any atom is -0.298 e. The first-order chi connectivity index (χ1) is 12.8. The number of anilines is 1. The van der Waals surface area contributed by atoms with Crippen molar-refractivity contribution in [3.8, 4) is 0 Å². The SMILES string of the molecule is CS(=O)(=O)c1ccc(/C(=C\C2CCSCC2)C(=O)Nc2ncc(Cl)s2)cc1. The van der Waals surface area contributed by atoms with Gasteiger partial charge in [-0.05, 0) is 48.0 Å². The summed E-state index contributed by atoms with van der Waals surface area (Å²) >= 11 is 9.00. The molecule has 1 aromatic heterocycles. The van der Waals surface area contributed by atoms with Crippen LogP contribution in [0.25, 0.3) is 5.57 Å². The van der Waals surface area contributed by atoms with Gasteiger partial charge in [0.15, 0.2) is 15.0 Å². The summed E-state index contributed by atoms with van der Waals surface area (Å²) in [5.41, 5.74) is 1.21. The zero-order valence-corrected chi connectivity index (χ0v) is 17.8. The van der Waals surface area contributed by atoms with Gasteiger partial charge in [-0.15, -0.1) is 0 Å². The summed E-state index contributed by atoms with van der Waals surface area (Å²) in [6, 6.07) is 6.41. The van der Waals surface area contributed by atoms with Gasteiger partial charge < -0.3 is 0 Å². The van der Waals surface area contributed by atoms with E-state index in [1.54, 1.807) is 12.1 Å². The highest BCUT2D eigenvalue weighted by molar-refractivity contribution is 7.99. The van der Waals surface area contributed by atoms with E-state index in [0.717, 1.165) is 30.6 Å². The van der Waals surface area contributed by atoms with Gasteiger partial charge in [-0.2, -0.15) is 11.8 Å². The molecule has 0 atom stereocenters. The number of nitrogens with one attached hydrogen (secondary N) is 1. The van der Waals surface area contributed by atoms with Crippen LogP contribution >= 0.6 is 34.7 Å². The van der Waals surface area contributed by atoms with E-state index < -0.39 is 9.84 Å². The quantitative estimate of drug-likeness (QED) is 0.696. The summed E-state index contributed by atoms with van der Waals surface area (Å²) < 4.78 is 23.9. The standard InChI is InChI=1S/C18H19ClN2O3S3/c1-27(23,24)14-4-2-13(3-5-14)15(10-12-6-8-25-9-7-12)17(22)21-18-20-11-16(19)26-18/h2-5,10-12H,6-9H2,1H3,(H,20,21,22)/b15-10+. The molecule has 1 N–H and O–H groups in total. The van der Waals surface area contributed by atoms with Gasteiger partial charge in [0, 0.05) is 11.8 Å². The maximum atomic E-state index is 12.9. The fraction of sp³-hybridized carbons (Fsp3) is 0.333. The first-order valence-electron chi connectivity index (χ1n) is 8.35. The predicted octanol–water partition coefficient (Wildman–Crippen LogP) is 4.37. The number of carbonyl (C=O) groups is 1. The molecule has 2 heterocycles. The summed E-state index contributed by atoms with van der Waals surface area (Å²) in [4.78, 5) is 17.2. The zero-order chi connectivity index (χ0) is 19.4. The first kappa shape index (κ1) is 20.4. The summed E-state index contributed by atoms with van der Waals surface area (Å²) in [7, 11) is -3.28. The molecule has 1 aliphatic rings. The van der Waals surface area contributed by atoms with E-state index in [-0.39, 0.29) is 10.8 Å². The van der Waals surface area contributed by atoms with Gasteiger partial charge in [-0.1, -0.05) is 41.1 Å². The molecule has 1 fully saturated rings. The third-order valence-electron chi connectivity index (χ3n) is 4.20. The number of aromatic nitrogens is 1. The molecule has 3 rings (SSSR count). The molecule has 2 aromatic rings. The Hall–Kier alpha value is -1.35. The van der Waals surface area contributed by atoms with E-state index in [2.05, 4.69) is 10.3 Å². The molecule has 144 valence electrons. The molecule has 1 saturated heterocycles. The molecule has 1 aromatic carbocycles. The summed E-state index contributed by atoms with van der Waals surface area (Å²) in [5.74, 6) is 2.20. The maximum absolute atomic E-state index is 12.9. The lowest BCUT2D eigenvalue weighted by atomic mass is 9.95. The number of rotatable bonds is 5. The fourth-order valence-electron chi connectivity index (χ4n) is 2.78. The number of hydrogen-bond donors (Lipinski definition) is 1. The predicted molar refractivity (Wildman–Crippen MR) is 113 cm³/mol. The molecular weight excluding hydrogens is 424 g/mol. The van der Waals surface area contributed by atoms with Crippen molar-refractivity contribution in [3.63, 3.8) is 0 Å². The highest BCUT2D eigenvalue weighted by atomic mass is 35.5. The van der Waals surface area contributed by atoms with Gasteiger partial charge in [-0.25, -0.2) is 13.4 Å². The average Bonchev–Trinajstić information content (AvgIpc) is 3.04. The molecule has 0 aliphatic carbocycles. The van der Waals surface area contributed by atoms with Crippen LogP contribution in [-0.4, -0.2) is 37.1 Å². The number of amides is 1. The van der Waals surface area contributed by atoms with Gasteiger partial charge in [0.1, 0.15) is 4.34 Å². The Labute approximate surface area is 172 Å². The molecule has 0 unspecified atom stereocenters. The molecule has 0 saturated carbocycles. The van der Waals surface area contributed by atoms with Crippen LogP contribution in [0.4, 0.5) is 5.13 Å². The minimum atomic E-state index is -3.28. The Balaban J connectivity index is 1.91. The smallest absolute Gasteiger partial charge is 0.257 e. The molecule has 27 heavy (non-hydrogen) atoms. The molecular formula is C18H19ClN2O3S3. The van der Waals surface area contributed by atoms with Gasteiger partial charge in [0.05, 0.1) is 11.1 Å². The van der Waals surface area contributed by atoms with Crippen LogP contribution in [-0.2, 0) is 14.6 Å². The molecule has 0 radical (unpaired) electrons. The van der Waals surface area contributed by atoms with E-state index in [9.17, 15) is 13.2 Å². The van der Waals surface area contributed by atoms with E-state index in [1.165, 1.54) is 29.7 Å². The van der Waals surface area contributed by atoms with Crippen LogP contribution in [0.15, 0.2) is 41.4 Å². The molecule has 0 bridgehead atoms. The van der Waals surface area contributed by atoms with Crippen LogP contribution in [0, 0.1) is 5.92 Å². The van der Waals surface area contributed by atoms with Crippen LogP contribution in [0.5, 0.6) is 0 Å². The number of allylic oxidation sites excluding steroid dienone is 1. The Morgan fingerprint density at radius 2 is 1.93 bits per heavy atom. The lowest BCUT2D eigenvalue weighted by Gasteiger charge is -2.19. The number of nitrogens with zero attached hydrogens (tertiary/aromatic N) is 1. The normalized spacial score (nSPS) is 16.3. The van der Waals surface area contributed by atoms with Crippen LogP contribution < -0.4 is 5.32 Å². The van der Waals surface area contributed by atoms with Gasteiger partial charge >= 0.3 is 0 Å². The first-order valence-corrected chi connectivity index (χ1v) is 12.6. The van der Waals surface area contributed by atoms with E-state index >= 15 is 0 Å². The van der Waals surface area contributed by atoms with E-state index in [0.29, 0.717) is 26.5 Å². The highest BCUT2D eigenvalue weighted by Crippen LogP contribution is 2.29. The third-order valence-corrected chi connectivity index (χ3v) is 7.41. The molecule has 1 amide bonds. The monoisotopic (exact) mass is 442 g/mol. The Bertz CT molecular complexity index is 946. The second kappa shape index (κ2) is 8.77. The number of thiazole rings is 1. The molecule has 0 spiro atoms. The number of carbonyl (C=O) groups excluding carboxylic acids is 1. The number of thioether (sulfide) groups is 1. The minimum absolute atomic E-state index is 0.228. The number of sulfone groups is 1. The Morgan fingerprint density at radius 1 is 1.26 bits per heavy atom. The zero-order valence-electron chi connectivity index (χ0n) is 14.6. The van der Waals surface area contributed by atoms with Crippen molar-refractivity contribution < 1.29 is 13.2 Å². The molecule has 1 aliphatic heterocycles. The Morgan fingerprint density at radius 3 is 2.48 bits per heavy atom. The molecule has 9 heteroatoms. The molecule has 5 nitrogen and oxygen atoms in total. The Kier molecular flexibility index (Phi) is 6.62. The van der Waals surface area contributed by atoms with Crippen LogP contribution in [0.1, 0.15) is 18.4 Å². The second-order valence-electron chi connectivity index (χ2n) is 6.25. The largest absolute Gasteiger partial charge is 0.298 e. The lowest BCUT2D eigenvalue weighted by molar-refractivity contribution is -0.111. The number of hydrogen-bond acceptors (Lipinski definition) is 6.